The molecule has 1 aromatic carbocycles. The van der Waals surface area contributed by atoms with Gasteiger partial charge < -0.3 is 9.88 Å². The topological polar surface area (TPSA) is 59.8 Å². The molecule has 0 bridgehead atoms. The molecular weight excluding hydrogens is 300 g/mol. The maximum absolute atomic E-state index is 12.7. The smallest absolute Gasteiger partial charge is 0.227 e. The van der Waals surface area contributed by atoms with Crippen LogP contribution in [-0.4, -0.2) is 27.2 Å². The van der Waals surface area contributed by atoms with E-state index in [0.717, 1.165) is 24.2 Å². The Hall–Kier alpha value is -2.17. The van der Waals surface area contributed by atoms with Gasteiger partial charge in [0, 0.05) is 19.0 Å². The highest BCUT2D eigenvalue weighted by Gasteiger charge is 2.27. The molecule has 1 fully saturated rings. The first-order valence-corrected chi connectivity index (χ1v) is 8.91. The highest BCUT2D eigenvalue weighted by Crippen LogP contribution is 2.35. The lowest BCUT2D eigenvalue weighted by atomic mass is 9.85. The summed E-state index contributed by atoms with van der Waals surface area (Å²) in [5.41, 5.74) is 1.09. The lowest BCUT2D eigenvalue weighted by Crippen LogP contribution is -2.34. The monoisotopic (exact) mass is 326 g/mol. The number of amides is 1. The number of benzene rings is 1. The van der Waals surface area contributed by atoms with Gasteiger partial charge in [0.1, 0.15) is 12.2 Å². The van der Waals surface area contributed by atoms with E-state index in [9.17, 15) is 4.79 Å². The van der Waals surface area contributed by atoms with Crippen LogP contribution >= 0.6 is 0 Å². The Labute approximate surface area is 143 Å². The van der Waals surface area contributed by atoms with Crippen LogP contribution in [0.3, 0.4) is 0 Å². The number of nitrogens with zero attached hydrogens (tertiary/aromatic N) is 3. The molecule has 2 atom stereocenters. The van der Waals surface area contributed by atoms with Gasteiger partial charge in [-0.05, 0) is 24.3 Å². The first-order chi connectivity index (χ1) is 11.7. The van der Waals surface area contributed by atoms with Crippen molar-refractivity contribution in [2.24, 2.45) is 5.92 Å². The van der Waals surface area contributed by atoms with Crippen LogP contribution in [0.1, 0.15) is 56.5 Å². The zero-order valence-electron chi connectivity index (χ0n) is 14.5. The predicted octanol–water partition coefficient (Wildman–Crippen LogP) is 3.10. The minimum absolute atomic E-state index is 0.0995. The summed E-state index contributed by atoms with van der Waals surface area (Å²) in [6, 6.07) is 10.6. The first kappa shape index (κ1) is 16.7. The normalized spacial score (nSPS) is 16.6. The molecule has 1 aliphatic carbocycles. The number of carbonyl (C=O) groups is 1. The third-order valence-corrected chi connectivity index (χ3v) is 4.89. The molecule has 0 radical (unpaired) electrons. The molecule has 0 aliphatic heterocycles. The summed E-state index contributed by atoms with van der Waals surface area (Å²) in [5, 5.41) is 11.3. The highest BCUT2D eigenvalue weighted by atomic mass is 16.1. The van der Waals surface area contributed by atoms with Crippen LogP contribution in [0.2, 0.25) is 0 Å². The average molecular weight is 326 g/mol. The van der Waals surface area contributed by atoms with Crippen LogP contribution in [0.4, 0.5) is 0 Å². The fourth-order valence-electron chi connectivity index (χ4n) is 3.15. The molecule has 1 aliphatic rings. The van der Waals surface area contributed by atoms with Gasteiger partial charge in [0.25, 0.3) is 0 Å². The third-order valence-electron chi connectivity index (χ3n) is 4.89. The van der Waals surface area contributed by atoms with Crippen molar-refractivity contribution >= 4 is 5.91 Å². The Morgan fingerprint density at radius 1 is 1.33 bits per heavy atom. The van der Waals surface area contributed by atoms with Gasteiger partial charge in [-0.2, -0.15) is 0 Å². The minimum atomic E-state index is -0.0995. The SMILES string of the molecule is CC[C@H](C)[C@@H](C(=O)NCCc1nncn1C1CC1)c1ccccc1. The molecule has 0 unspecified atom stereocenters. The predicted molar refractivity (Wildman–Crippen MR) is 93.6 cm³/mol. The van der Waals surface area contributed by atoms with Gasteiger partial charge in [0.05, 0.1) is 5.92 Å². The zero-order chi connectivity index (χ0) is 16.9. The molecule has 5 heteroatoms. The highest BCUT2D eigenvalue weighted by molar-refractivity contribution is 5.83. The fourth-order valence-corrected chi connectivity index (χ4v) is 3.15. The average Bonchev–Trinajstić information content (AvgIpc) is 3.35. The molecular formula is C19H26N4O. The van der Waals surface area contributed by atoms with E-state index in [1.165, 1.54) is 12.8 Å². The molecule has 3 rings (SSSR count). The van der Waals surface area contributed by atoms with Gasteiger partial charge in [-0.3, -0.25) is 4.79 Å². The molecule has 1 saturated carbocycles. The third kappa shape index (κ3) is 3.83. The van der Waals surface area contributed by atoms with Crippen LogP contribution in [0.15, 0.2) is 36.7 Å². The Bertz CT molecular complexity index is 663. The van der Waals surface area contributed by atoms with Crippen LogP contribution in [0, 0.1) is 5.92 Å². The second-order valence-electron chi connectivity index (χ2n) is 6.70. The molecule has 128 valence electrons. The summed E-state index contributed by atoms with van der Waals surface area (Å²) in [7, 11) is 0. The van der Waals surface area contributed by atoms with Gasteiger partial charge >= 0.3 is 0 Å². The van der Waals surface area contributed by atoms with E-state index in [4.69, 9.17) is 0 Å². The van der Waals surface area contributed by atoms with Crippen molar-refractivity contribution in [2.75, 3.05) is 6.54 Å². The molecule has 5 nitrogen and oxygen atoms in total. The summed E-state index contributed by atoms with van der Waals surface area (Å²) < 4.78 is 2.15. The summed E-state index contributed by atoms with van der Waals surface area (Å²) >= 11 is 0. The quantitative estimate of drug-likeness (QED) is 0.811. The van der Waals surface area contributed by atoms with Crippen LogP contribution in [-0.2, 0) is 11.2 Å². The lowest BCUT2D eigenvalue weighted by molar-refractivity contribution is -0.123. The number of rotatable bonds is 8. The van der Waals surface area contributed by atoms with Gasteiger partial charge in [0.2, 0.25) is 5.91 Å². The second-order valence-corrected chi connectivity index (χ2v) is 6.70. The van der Waals surface area contributed by atoms with E-state index in [1.54, 1.807) is 6.33 Å². The first-order valence-electron chi connectivity index (χ1n) is 8.91. The van der Waals surface area contributed by atoms with Crippen molar-refractivity contribution in [3.63, 3.8) is 0 Å². The van der Waals surface area contributed by atoms with Gasteiger partial charge in [-0.1, -0.05) is 50.6 Å². The van der Waals surface area contributed by atoms with Crippen molar-refractivity contribution in [1.82, 2.24) is 20.1 Å². The molecule has 0 saturated heterocycles. The molecule has 2 aromatic rings. The number of aromatic nitrogens is 3. The van der Waals surface area contributed by atoms with E-state index >= 15 is 0 Å². The minimum Gasteiger partial charge on any atom is -0.355 e. The fraction of sp³-hybridized carbons (Fsp3) is 0.526. The van der Waals surface area contributed by atoms with Crippen molar-refractivity contribution in [3.05, 3.63) is 48.0 Å². The number of hydrogen-bond donors (Lipinski definition) is 1. The van der Waals surface area contributed by atoms with Crippen LogP contribution in [0.5, 0.6) is 0 Å². The summed E-state index contributed by atoms with van der Waals surface area (Å²) in [6.07, 6.45) is 5.93. The molecule has 24 heavy (non-hydrogen) atoms. The summed E-state index contributed by atoms with van der Waals surface area (Å²) in [6.45, 7) is 4.87. The van der Waals surface area contributed by atoms with Gasteiger partial charge in [0.15, 0.2) is 0 Å². The standard InChI is InChI=1S/C19H26N4O/c1-3-14(2)18(15-7-5-4-6-8-15)19(24)20-12-11-17-22-21-13-23(17)16-9-10-16/h4-8,13-14,16,18H,3,9-12H2,1-2H3,(H,20,24)/t14-,18+/m0/s1. The second kappa shape index (κ2) is 7.60. The van der Waals surface area contributed by atoms with E-state index in [0.29, 0.717) is 18.5 Å². The van der Waals surface area contributed by atoms with Gasteiger partial charge in [-0.15, -0.1) is 10.2 Å². The largest absolute Gasteiger partial charge is 0.355 e. The Balaban J connectivity index is 1.60. The van der Waals surface area contributed by atoms with Crippen molar-refractivity contribution in [2.45, 2.75) is 51.5 Å². The summed E-state index contributed by atoms with van der Waals surface area (Å²) in [4.78, 5) is 12.7. The van der Waals surface area contributed by atoms with E-state index in [1.807, 2.05) is 30.3 Å². The molecule has 1 aromatic heterocycles. The number of hydrogen-bond acceptors (Lipinski definition) is 3. The molecule has 0 spiro atoms. The lowest BCUT2D eigenvalue weighted by Gasteiger charge is -2.22. The Morgan fingerprint density at radius 2 is 2.08 bits per heavy atom. The van der Waals surface area contributed by atoms with E-state index in [2.05, 4.69) is 33.9 Å². The number of nitrogens with one attached hydrogen (secondary N) is 1. The Kier molecular flexibility index (Phi) is 5.28. The van der Waals surface area contributed by atoms with E-state index in [-0.39, 0.29) is 11.8 Å². The van der Waals surface area contributed by atoms with Crippen molar-refractivity contribution < 1.29 is 4.79 Å². The van der Waals surface area contributed by atoms with Gasteiger partial charge in [-0.25, -0.2) is 0 Å². The van der Waals surface area contributed by atoms with Crippen LogP contribution in [0.25, 0.3) is 0 Å². The molecule has 1 amide bonds. The van der Waals surface area contributed by atoms with E-state index < -0.39 is 0 Å². The number of carbonyl (C=O) groups excluding carboxylic acids is 1. The van der Waals surface area contributed by atoms with Crippen molar-refractivity contribution in [1.29, 1.82) is 0 Å². The van der Waals surface area contributed by atoms with Crippen molar-refractivity contribution in [3.8, 4) is 0 Å². The maximum Gasteiger partial charge on any atom is 0.227 e. The van der Waals surface area contributed by atoms with Crippen LogP contribution < -0.4 is 5.32 Å². The molecule has 1 heterocycles. The Morgan fingerprint density at radius 3 is 2.75 bits per heavy atom. The summed E-state index contributed by atoms with van der Waals surface area (Å²) in [5.74, 6) is 1.28. The molecule has 1 N–H and O–H groups in total. The maximum atomic E-state index is 12.7. The zero-order valence-corrected chi connectivity index (χ0v) is 14.5.